The van der Waals surface area contributed by atoms with Crippen molar-refractivity contribution >= 4 is 17.6 Å². The molecule has 0 atom stereocenters. The van der Waals surface area contributed by atoms with Crippen LogP contribution in [0.15, 0.2) is 54.9 Å². The van der Waals surface area contributed by atoms with E-state index in [0.717, 1.165) is 5.69 Å². The van der Waals surface area contributed by atoms with Crippen molar-refractivity contribution in [2.75, 3.05) is 18.4 Å². The topological polar surface area (TPSA) is 80.1 Å². The summed E-state index contributed by atoms with van der Waals surface area (Å²) in [6.45, 7) is 5.00. The molecule has 7 nitrogen and oxygen atoms in total. The Labute approximate surface area is 186 Å². The highest BCUT2D eigenvalue weighted by Gasteiger charge is 2.30. The largest absolute Gasteiger partial charge is 0.338 e. The van der Waals surface area contributed by atoms with Crippen LogP contribution in [0, 0.1) is 11.7 Å². The minimum atomic E-state index is -0.321. The summed E-state index contributed by atoms with van der Waals surface area (Å²) < 4.78 is 15.0. The van der Waals surface area contributed by atoms with Crippen LogP contribution in [0.5, 0.6) is 0 Å². The Bertz CT molecular complexity index is 1090. The summed E-state index contributed by atoms with van der Waals surface area (Å²) in [6.07, 6.45) is 4.40. The quantitative estimate of drug-likeness (QED) is 0.656. The number of rotatable bonds is 5. The summed E-state index contributed by atoms with van der Waals surface area (Å²) in [7, 11) is 0. The number of amides is 2. The van der Waals surface area contributed by atoms with Crippen LogP contribution < -0.4 is 5.32 Å². The molecule has 0 bridgehead atoms. The van der Waals surface area contributed by atoms with Gasteiger partial charge in [-0.05, 0) is 55.2 Å². The molecule has 32 heavy (non-hydrogen) atoms. The summed E-state index contributed by atoms with van der Waals surface area (Å²) in [5.41, 5.74) is 2.04. The van der Waals surface area contributed by atoms with E-state index in [1.54, 1.807) is 46.2 Å². The molecule has 1 aliphatic rings. The maximum absolute atomic E-state index is 13.3. The van der Waals surface area contributed by atoms with E-state index in [-0.39, 0.29) is 29.5 Å². The number of aromatic nitrogens is 3. The number of halogens is 1. The maximum Gasteiger partial charge on any atom is 0.257 e. The van der Waals surface area contributed by atoms with E-state index in [0.29, 0.717) is 43.0 Å². The molecule has 1 fully saturated rings. The van der Waals surface area contributed by atoms with Crippen LogP contribution in [-0.4, -0.2) is 44.6 Å². The Morgan fingerprint density at radius 2 is 1.81 bits per heavy atom. The van der Waals surface area contributed by atoms with E-state index in [2.05, 4.69) is 15.4 Å². The van der Waals surface area contributed by atoms with Gasteiger partial charge in [-0.3, -0.25) is 9.59 Å². The highest BCUT2D eigenvalue weighted by molar-refractivity contribution is 5.96. The van der Waals surface area contributed by atoms with Crippen LogP contribution in [-0.2, 0) is 4.79 Å². The number of anilines is 1. The third kappa shape index (κ3) is 4.54. The van der Waals surface area contributed by atoms with Gasteiger partial charge in [-0.2, -0.15) is 5.10 Å². The summed E-state index contributed by atoms with van der Waals surface area (Å²) in [6, 6.07) is 11.4. The first-order valence-corrected chi connectivity index (χ1v) is 10.8. The van der Waals surface area contributed by atoms with Gasteiger partial charge in [0.1, 0.15) is 11.6 Å². The zero-order valence-electron chi connectivity index (χ0n) is 18.2. The van der Waals surface area contributed by atoms with Crippen molar-refractivity contribution in [2.45, 2.75) is 32.6 Å². The number of pyridine rings is 1. The number of likely N-dealkylation sites (tertiary alicyclic amines) is 1. The molecule has 1 N–H and O–H groups in total. The first-order chi connectivity index (χ1) is 15.4. The lowest BCUT2D eigenvalue weighted by Crippen LogP contribution is -2.41. The van der Waals surface area contributed by atoms with Gasteiger partial charge in [0, 0.05) is 25.2 Å². The molecule has 1 saturated heterocycles. The average molecular weight is 436 g/mol. The van der Waals surface area contributed by atoms with Crippen molar-refractivity contribution in [1.29, 1.82) is 0 Å². The predicted molar refractivity (Wildman–Crippen MR) is 119 cm³/mol. The first-order valence-electron chi connectivity index (χ1n) is 10.8. The highest BCUT2D eigenvalue weighted by atomic mass is 19.1. The fourth-order valence-corrected chi connectivity index (χ4v) is 4.05. The Kier molecular flexibility index (Phi) is 6.30. The van der Waals surface area contributed by atoms with Crippen molar-refractivity contribution in [1.82, 2.24) is 19.7 Å². The van der Waals surface area contributed by atoms with Gasteiger partial charge < -0.3 is 10.2 Å². The van der Waals surface area contributed by atoms with Gasteiger partial charge in [-0.25, -0.2) is 14.1 Å². The standard InChI is InChI=1S/C24H26FN5O2/c1-16(2)22-20(15-27-30(22)19-8-6-18(25)7-9-19)24(32)29-13-10-17(11-14-29)23(31)28-21-5-3-4-12-26-21/h3-9,12,15-17H,10-11,13-14H2,1-2H3,(H,26,28,31). The molecule has 4 rings (SSSR count). The number of piperidine rings is 1. The van der Waals surface area contributed by atoms with Crippen LogP contribution in [0.3, 0.4) is 0 Å². The maximum atomic E-state index is 13.3. The van der Waals surface area contributed by atoms with Crippen molar-refractivity contribution in [3.8, 4) is 5.69 Å². The van der Waals surface area contributed by atoms with Gasteiger partial charge in [0.2, 0.25) is 5.91 Å². The molecule has 1 aromatic carbocycles. The first kappa shape index (κ1) is 21.7. The zero-order chi connectivity index (χ0) is 22.7. The van der Waals surface area contributed by atoms with Gasteiger partial charge in [0.05, 0.1) is 23.1 Å². The summed E-state index contributed by atoms with van der Waals surface area (Å²) in [5.74, 6) is -0.0618. The van der Waals surface area contributed by atoms with Gasteiger partial charge in [-0.15, -0.1) is 0 Å². The van der Waals surface area contributed by atoms with Crippen LogP contribution in [0.2, 0.25) is 0 Å². The average Bonchev–Trinajstić information content (AvgIpc) is 3.25. The van der Waals surface area contributed by atoms with Crippen molar-refractivity contribution in [3.05, 3.63) is 71.9 Å². The smallest absolute Gasteiger partial charge is 0.257 e. The Balaban J connectivity index is 1.45. The number of nitrogens with zero attached hydrogens (tertiary/aromatic N) is 4. The summed E-state index contributed by atoms with van der Waals surface area (Å²) >= 11 is 0. The van der Waals surface area contributed by atoms with Crippen LogP contribution in [0.1, 0.15) is 48.7 Å². The highest BCUT2D eigenvalue weighted by Crippen LogP contribution is 2.26. The van der Waals surface area contributed by atoms with E-state index in [1.165, 1.54) is 12.1 Å². The number of nitrogens with one attached hydrogen (secondary N) is 1. The molecular formula is C24H26FN5O2. The van der Waals surface area contributed by atoms with Crippen LogP contribution in [0.4, 0.5) is 10.2 Å². The number of hydrogen-bond donors (Lipinski definition) is 1. The summed E-state index contributed by atoms with van der Waals surface area (Å²) in [5, 5.41) is 7.26. The predicted octanol–water partition coefficient (Wildman–Crippen LogP) is 4.02. The monoisotopic (exact) mass is 435 g/mol. The molecule has 0 saturated carbocycles. The number of carbonyl (C=O) groups is 2. The molecule has 0 radical (unpaired) electrons. The molecule has 1 aliphatic heterocycles. The number of carbonyl (C=O) groups excluding carboxylic acids is 2. The Morgan fingerprint density at radius 3 is 2.44 bits per heavy atom. The number of benzene rings is 1. The molecule has 2 aromatic heterocycles. The lowest BCUT2D eigenvalue weighted by Gasteiger charge is -2.31. The van der Waals surface area contributed by atoms with Crippen molar-refractivity contribution in [3.63, 3.8) is 0 Å². The molecule has 3 aromatic rings. The lowest BCUT2D eigenvalue weighted by atomic mass is 9.95. The minimum absolute atomic E-state index is 0.0446. The van der Waals surface area contributed by atoms with Crippen molar-refractivity contribution in [2.24, 2.45) is 5.92 Å². The van der Waals surface area contributed by atoms with Crippen molar-refractivity contribution < 1.29 is 14.0 Å². The van der Waals surface area contributed by atoms with Crippen LogP contribution >= 0.6 is 0 Å². The summed E-state index contributed by atoms with van der Waals surface area (Å²) in [4.78, 5) is 31.7. The molecule has 0 aliphatic carbocycles. The molecule has 0 unspecified atom stereocenters. The van der Waals surface area contributed by atoms with E-state index in [4.69, 9.17) is 0 Å². The second kappa shape index (κ2) is 9.30. The van der Waals surface area contributed by atoms with Gasteiger partial charge in [0.15, 0.2) is 0 Å². The SMILES string of the molecule is CC(C)c1c(C(=O)N2CCC(C(=O)Nc3ccccn3)CC2)cnn1-c1ccc(F)cc1. The normalized spacial score (nSPS) is 14.6. The Hall–Kier alpha value is -3.55. The zero-order valence-corrected chi connectivity index (χ0v) is 18.2. The Morgan fingerprint density at radius 1 is 1.09 bits per heavy atom. The lowest BCUT2D eigenvalue weighted by molar-refractivity contribution is -0.121. The molecule has 3 heterocycles. The van der Waals surface area contributed by atoms with E-state index < -0.39 is 0 Å². The van der Waals surface area contributed by atoms with Crippen LogP contribution in [0.25, 0.3) is 5.69 Å². The van der Waals surface area contributed by atoms with E-state index in [9.17, 15) is 14.0 Å². The fourth-order valence-electron chi connectivity index (χ4n) is 4.05. The molecule has 2 amide bonds. The third-order valence-electron chi connectivity index (χ3n) is 5.72. The number of hydrogen-bond acceptors (Lipinski definition) is 4. The second-order valence-electron chi connectivity index (χ2n) is 8.26. The third-order valence-corrected chi connectivity index (χ3v) is 5.72. The minimum Gasteiger partial charge on any atom is -0.338 e. The fraction of sp³-hybridized carbons (Fsp3) is 0.333. The van der Waals surface area contributed by atoms with E-state index in [1.807, 2.05) is 19.9 Å². The van der Waals surface area contributed by atoms with Gasteiger partial charge >= 0.3 is 0 Å². The van der Waals surface area contributed by atoms with Gasteiger partial charge in [-0.1, -0.05) is 19.9 Å². The molecule has 166 valence electrons. The molecular weight excluding hydrogens is 409 g/mol. The molecule has 0 spiro atoms. The second-order valence-corrected chi connectivity index (χ2v) is 8.26. The molecule has 8 heteroatoms. The van der Waals surface area contributed by atoms with Gasteiger partial charge in [0.25, 0.3) is 5.91 Å². The van der Waals surface area contributed by atoms with E-state index >= 15 is 0 Å².